The highest BCUT2D eigenvalue weighted by molar-refractivity contribution is 5.94. The Morgan fingerprint density at radius 1 is 1.03 bits per heavy atom. The van der Waals surface area contributed by atoms with Crippen molar-refractivity contribution in [1.29, 1.82) is 0 Å². The molecule has 1 heterocycles. The van der Waals surface area contributed by atoms with Gasteiger partial charge in [0.15, 0.2) is 0 Å². The van der Waals surface area contributed by atoms with Crippen LogP contribution in [0.3, 0.4) is 0 Å². The molecule has 3 amide bonds. The van der Waals surface area contributed by atoms with Crippen molar-refractivity contribution in [3.8, 4) is 5.75 Å². The van der Waals surface area contributed by atoms with Crippen LogP contribution in [0.5, 0.6) is 5.75 Å². The van der Waals surface area contributed by atoms with E-state index in [4.69, 9.17) is 0 Å². The summed E-state index contributed by atoms with van der Waals surface area (Å²) in [5, 5.41) is 11.5. The average Bonchev–Trinajstić information content (AvgIpc) is 2.88. The summed E-state index contributed by atoms with van der Waals surface area (Å²) in [6, 6.07) is 10.8. The molecule has 13 heteroatoms. The Hall–Kier alpha value is -3.51. The van der Waals surface area contributed by atoms with Gasteiger partial charge in [-0.15, -0.1) is 25.6 Å². The first kappa shape index (κ1) is 30.7. The minimum Gasteiger partial charge on any atom is -0.469 e. The molecule has 0 aliphatic carbocycles. The number of amides is 3. The van der Waals surface area contributed by atoms with E-state index in [1.807, 2.05) is 0 Å². The molecule has 1 atom stereocenters. The number of piperidine rings is 1. The summed E-state index contributed by atoms with van der Waals surface area (Å²) in [6.45, 7) is 1.74. The molecule has 1 saturated heterocycles. The highest BCUT2D eigenvalue weighted by Crippen LogP contribution is 2.30. The molecule has 0 aromatic heterocycles. The smallest absolute Gasteiger partial charge is 0.469 e. The van der Waals surface area contributed by atoms with Crippen molar-refractivity contribution in [2.24, 2.45) is 5.92 Å². The number of carbonyl (C=O) groups is 3. The molecule has 208 valence electrons. The summed E-state index contributed by atoms with van der Waals surface area (Å²) >= 11 is 0. The lowest BCUT2D eigenvalue weighted by Crippen LogP contribution is -2.40. The minimum absolute atomic E-state index is 0. The minimum atomic E-state index is -4.80. The molecule has 0 saturated carbocycles. The summed E-state index contributed by atoms with van der Waals surface area (Å²) in [7, 11) is 1.28. The van der Waals surface area contributed by atoms with Crippen molar-refractivity contribution in [3.63, 3.8) is 0 Å². The van der Waals surface area contributed by atoms with Crippen molar-refractivity contribution in [2.45, 2.75) is 31.7 Å². The summed E-state index contributed by atoms with van der Waals surface area (Å²) in [5.74, 6) is -1.01. The summed E-state index contributed by atoms with van der Waals surface area (Å²) in [4.78, 5) is 36.3. The van der Waals surface area contributed by atoms with Crippen LogP contribution in [0.4, 0.5) is 23.7 Å². The number of methoxy groups -OCH3 is 1. The van der Waals surface area contributed by atoms with Gasteiger partial charge in [-0.2, -0.15) is 0 Å². The van der Waals surface area contributed by atoms with Gasteiger partial charge in [0.1, 0.15) is 5.75 Å². The van der Waals surface area contributed by atoms with E-state index in [9.17, 15) is 27.6 Å². The normalized spacial score (nSPS) is 14.4. The average molecular weight is 559 g/mol. The van der Waals surface area contributed by atoms with Gasteiger partial charge in [-0.25, -0.2) is 4.79 Å². The first-order valence-corrected chi connectivity index (χ1v) is 11.7. The number of benzene rings is 2. The first-order chi connectivity index (χ1) is 17.6. The molecule has 3 rings (SSSR count). The fourth-order valence-electron chi connectivity index (χ4n) is 4.02. The molecule has 1 aliphatic rings. The second-order valence-electron chi connectivity index (χ2n) is 8.44. The molecule has 0 radical (unpaired) electrons. The predicted octanol–water partition coefficient (Wildman–Crippen LogP) is 4.16. The second-order valence-corrected chi connectivity index (χ2v) is 8.44. The molecular formula is C25H30ClF3N4O5. The molecule has 1 aliphatic heterocycles. The zero-order valence-electron chi connectivity index (χ0n) is 20.6. The molecule has 38 heavy (non-hydrogen) atoms. The lowest BCUT2D eigenvalue weighted by atomic mass is 9.85. The summed E-state index contributed by atoms with van der Waals surface area (Å²) < 4.78 is 45.5. The molecule has 1 fully saturated rings. The number of halogens is 4. The topological polar surface area (TPSA) is 118 Å². The lowest BCUT2D eigenvalue weighted by molar-refractivity contribution is -0.274. The zero-order valence-corrected chi connectivity index (χ0v) is 21.4. The van der Waals surface area contributed by atoms with Gasteiger partial charge in [-0.05, 0) is 73.8 Å². The fraction of sp³-hybridized carbons (Fsp3) is 0.400. The molecule has 4 N–H and O–H groups in total. The number of alkyl halides is 3. The SMILES string of the molecule is COC(=O)CCNC(=O)c1ccc(C(NC(=O)Nc2ccc(OC(F)(F)F)cc2)C2CCNCC2)cc1.Cl. The number of rotatable bonds is 9. The van der Waals surface area contributed by atoms with Gasteiger partial charge in [0, 0.05) is 17.8 Å². The molecule has 1 unspecified atom stereocenters. The van der Waals surface area contributed by atoms with Crippen LogP contribution in [0.2, 0.25) is 0 Å². The maximum absolute atomic E-state index is 12.8. The maximum atomic E-state index is 12.8. The van der Waals surface area contributed by atoms with E-state index in [2.05, 4.69) is 30.7 Å². The highest BCUT2D eigenvalue weighted by atomic mass is 35.5. The lowest BCUT2D eigenvalue weighted by Gasteiger charge is -2.32. The number of anilines is 1. The van der Waals surface area contributed by atoms with Crippen molar-refractivity contribution in [3.05, 3.63) is 59.7 Å². The van der Waals surface area contributed by atoms with Crippen LogP contribution >= 0.6 is 12.4 Å². The fourth-order valence-corrected chi connectivity index (χ4v) is 4.02. The number of esters is 1. The van der Waals surface area contributed by atoms with Crippen LogP contribution < -0.4 is 26.0 Å². The Balaban J connectivity index is 0.00000507. The van der Waals surface area contributed by atoms with Gasteiger partial charge in [0.25, 0.3) is 5.91 Å². The first-order valence-electron chi connectivity index (χ1n) is 11.7. The highest BCUT2D eigenvalue weighted by Gasteiger charge is 2.31. The van der Waals surface area contributed by atoms with E-state index in [0.717, 1.165) is 43.6 Å². The van der Waals surface area contributed by atoms with Crippen LogP contribution in [0.1, 0.15) is 41.2 Å². The molecular weight excluding hydrogens is 529 g/mol. The molecule has 0 bridgehead atoms. The number of carbonyl (C=O) groups excluding carboxylic acids is 3. The number of nitrogens with one attached hydrogen (secondary N) is 4. The molecule has 9 nitrogen and oxygen atoms in total. The zero-order chi connectivity index (χ0) is 26.8. The largest absolute Gasteiger partial charge is 0.573 e. The predicted molar refractivity (Wildman–Crippen MR) is 136 cm³/mol. The maximum Gasteiger partial charge on any atom is 0.573 e. The van der Waals surface area contributed by atoms with Crippen LogP contribution in [0.25, 0.3) is 0 Å². The molecule has 2 aromatic carbocycles. The Morgan fingerprint density at radius 3 is 2.24 bits per heavy atom. The van der Waals surface area contributed by atoms with E-state index in [1.165, 1.54) is 19.2 Å². The van der Waals surface area contributed by atoms with E-state index in [-0.39, 0.29) is 49.0 Å². The van der Waals surface area contributed by atoms with Crippen molar-refractivity contribution in [2.75, 3.05) is 32.1 Å². The standard InChI is InChI=1S/C25H29F3N4O5.ClH/c1-36-21(33)12-15-30-23(34)18-4-2-16(3-5-18)22(17-10-13-29-14-11-17)32-24(35)31-19-6-8-20(9-7-19)37-25(26,27)28;/h2-9,17,22,29H,10-15H2,1H3,(H,30,34)(H2,31,32,35);1H. The number of urea groups is 1. The van der Waals surface area contributed by atoms with E-state index < -0.39 is 18.4 Å². The van der Waals surface area contributed by atoms with E-state index in [1.54, 1.807) is 24.3 Å². The molecule has 0 spiro atoms. The van der Waals surface area contributed by atoms with Crippen molar-refractivity contribution >= 4 is 36.0 Å². The van der Waals surface area contributed by atoms with Crippen LogP contribution in [0.15, 0.2) is 48.5 Å². The number of ether oxygens (including phenoxy) is 2. The van der Waals surface area contributed by atoms with Gasteiger partial charge in [0.05, 0.1) is 19.6 Å². The second kappa shape index (κ2) is 14.4. The van der Waals surface area contributed by atoms with Gasteiger partial charge < -0.3 is 30.7 Å². The van der Waals surface area contributed by atoms with Crippen molar-refractivity contribution in [1.82, 2.24) is 16.0 Å². The third kappa shape index (κ3) is 9.75. The monoisotopic (exact) mass is 558 g/mol. The number of hydrogen-bond donors (Lipinski definition) is 4. The van der Waals surface area contributed by atoms with Crippen molar-refractivity contribution < 1.29 is 37.0 Å². The van der Waals surface area contributed by atoms with Crippen LogP contribution in [0, 0.1) is 5.92 Å². The summed E-state index contributed by atoms with van der Waals surface area (Å²) in [6.07, 6.45) is -3.09. The van der Waals surface area contributed by atoms with Gasteiger partial charge in [-0.1, -0.05) is 12.1 Å². The van der Waals surface area contributed by atoms with E-state index >= 15 is 0 Å². The van der Waals surface area contributed by atoms with Gasteiger partial charge in [0.2, 0.25) is 0 Å². The Kier molecular flexibility index (Phi) is 11.7. The molecule has 2 aromatic rings. The summed E-state index contributed by atoms with van der Waals surface area (Å²) in [5.41, 5.74) is 1.51. The Morgan fingerprint density at radius 2 is 1.66 bits per heavy atom. The number of hydrogen-bond acceptors (Lipinski definition) is 6. The third-order valence-electron chi connectivity index (χ3n) is 5.86. The van der Waals surface area contributed by atoms with Crippen LogP contribution in [-0.2, 0) is 9.53 Å². The van der Waals surface area contributed by atoms with Crippen LogP contribution in [-0.4, -0.2) is 51.0 Å². The third-order valence-corrected chi connectivity index (χ3v) is 5.86. The quantitative estimate of drug-likeness (QED) is 0.343. The van der Waals surface area contributed by atoms with E-state index in [0.29, 0.717) is 11.3 Å². The Bertz CT molecular complexity index is 1060. The van der Waals surface area contributed by atoms with Gasteiger partial charge >= 0.3 is 18.4 Å². The Labute approximate surface area is 224 Å². The van der Waals surface area contributed by atoms with Gasteiger partial charge in [-0.3, -0.25) is 9.59 Å².